The van der Waals surface area contributed by atoms with Crippen molar-refractivity contribution in [1.29, 1.82) is 0 Å². The van der Waals surface area contributed by atoms with Crippen molar-refractivity contribution in [3.05, 3.63) is 28.7 Å². The lowest BCUT2D eigenvalue weighted by Crippen LogP contribution is -2.36. The Balaban J connectivity index is 2.81. The summed E-state index contributed by atoms with van der Waals surface area (Å²) in [6.45, 7) is 2.38. The Morgan fingerprint density at radius 1 is 1.44 bits per heavy atom. The number of rotatable bonds is 4. The fraction of sp³-hybridized carbons (Fsp3) is 0.417. The summed E-state index contributed by atoms with van der Waals surface area (Å²) in [5.74, 6) is -0.0130. The number of carbonyl (C=O) groups excluding carboxylic acids is 1. The lowest BCUT2D eigenvalue weighted by atomic mass is 10.1. The van der Waals surface area contributed by atoms with E-state index in [1.54, 1.807) is 11.9 Å². The Hall–Kier alpha value is -0.870. The molecule has 16 heavy (non-hydrogen) atoms. The van der Waals surface area contributed by atoms with Crippen molar-refractivity contribution in [2.24, 2.45) is 11.7 Å². The predicted molar refractivity (Wildman–Crippen MR) is 70.4 cm³/mol. The normalized spacial score (nSPS) is 12.2. The van der Waals surface area contributed by atoms with Gasteiger partial charge in [0.05, 0.1) is 5.92 Å². The minimum absolute atomic E-state index is 0.0762. The minimum atomic E-state index is -0.0892. The van der Waals surface area contributed by atoms with Crippen LogP contribution in [0, 0.1) is 5.92 Å². The van der Waals surface area contributed by atoms with E-state index in [2.05, 4.69) is 15.9 Å². The van der Waals surface area contributed by atoms with E-state index < -0.39 is 0 Å². The van der Waals surface area contributed by atoms with Crippen molar-refractivity contribution in [2.75, 3.05) is 18.5 Å². The number of nitrogens with zero attached hydrogens (tertiary/aromatic N) is 1. The zero-order valence-electron chi connectivity index (χ0n) is 9.61. The number of halogens is 1. The molecule has 0 bridgehead atoms. The third-order valence-corrected chi connectivity index (χ3v) is 3.20. The number of anilines is 1. The van der Waals surface area contributed by atoms with Crippen LogP contribution in [0.1, 0.15) is 13.3 Å². The molecule has 0 aliphatic heterocycles. The van der Waals surface area contributed by atoms with Crippen molar-refractivity contribution in [2.45, 2.75) is 13.3 Å². The molecule has 0 heterocycles. The van der Waals surface area contributed by atoms with Gasteiger partial charge >= 0.3 is 0 Å². The Morgan fingerprint density at radius 2 is 2.00 bits per heavy atom. The van der Waals surface area contributed by atoms with Gasteiger partial charge in [0.1, 0.15) is 0 Å². The third-order valence-electron chi connectivity index (χ3n) is 2.67. The van der Waals surface area contributed by atoms with Crippen LogP contribution in [0.15, 0.2) is 28.7 Å². The molecule has 0 saturated carbocycles. The summed E-state index contributed by atoms with van der Waals surface area (Å²) in [4.78, 5) is 13.7. The molecule has 0 aliphatic carbocycles. The molecule has 1 amide bonds. The Morgan fingerprint density at radius 3 is 2.44 bits per heavy atom. The van der Waals surface area contributed by atoms with Crippen LogP contribution in [0.4, 0.5) is 5.69 Å². The molecule has 88 valence electrons. The smallest absolute Gasteiger partial charge is 0.231 e. The van der Waals surface area contributed by atoms with E-state index in [1.165, 1.54) is 0 Å². The number of benzene rings is 1. The molecule has 0 spiro atoms. The first-order chi connectivity index (χ1) is 7.60. The maximum atomic E-state index is 12.0. The molecular formula is C12H17BrN2O. The summed E-state index contributed by atoms with van der Waals surface area (Å²) in [6.07, 6.45) is 0.774. The maximum absolute atomic E-state index is 12.0. The van der Waals surface area contributed by atoms with Gasteiger partial charge in [-0.25, -0.2) is 0 Å². The van der Waals surface area contributed by atoms with Gasteiger partial charge < -0.3 is 10.6 Å². The summed E-state index contributed by atoms with van der Waals surface area (Å²) in [5, 5.41) is 0. The molecule has 0 aromatic heterocycles. The minimum Gasteiger partial charge on any atom is -0.330 e. The Kier molecular flexibility index (Phi) is 4.96. The molecule has 1 rings (SSSR count). The number of hydrogen-bond acceptors (Lipinski definition) is 2. The van der Waals surface area contributed by atoms with E-state index in [0.717, 1.165) is 16.6 Å². The average Bonchev–Trinajstić information content (AvgIpc) is 2.30. The zero-order valence-corrected chi connectivity index (χ0v) is 11.2. The van der Waals surface area contributed by atoms with Gasteiger partial charge in [-0.2, -0.15) is 0 Å². The summed E-state index contributed by atoms with van der Waals surface area (Å²) >= 11 is 3.36. The molecule has 2 N–H and O–H groups in total. The van der Waals surface area contributed by atoms with Gasteiger partial charge in [0.15, 0.2) is 0 Å². The fourth-order valence-electron chi connectivity index (χ4n) is 1.51. The van der Waals surface area contributed by atoms with Gasteiger partial charge in [-0.05, 0) is 30.7 Å². The number of amides is 1. The number of nitrogens with two attached hydrogens (primary N) is 1. The Bertz CT molecular complexity index is 347. The van der Waals surface area contributed by atoms with Crippen LogP contribution >= 0.6 is 15.9 Å². The highest BCUT2D eigenvalue weighted by molar-refractivity contribution is 9.10. The molecule has 1 aromatic carbocycles. The van der Waals surface area contributed by atoms with E-state index in [1.807, 2.05) is 31.2 Å². The summed E-state index contributed by atoms with van der Waals surface area (Å²) in [6, 6.07) is 7.65. The third kappa shape index (κ3) is 3.06. The zero-order chi connectivity index (χ0) is 12.1. The van der Waals surface area contributed by atoms with E-state index >= 15 is 0 Å². The molecule has 1 aromatic rings. The highest BCUT2D eigenvalue weighted by Gasteiger charge is 2.19. The molecule has 1 atom stereocenters. The highest BCUT2D eigenvalue weighted by atomic mass is 79.9. The summed E-state index contributed by atoms with van der Waals surface area (Å²) in [7, 11) is 1.78. The second-order valence-electron chi connectivity index (χ2n) is 3.71. The topological polar surface area (TPSA) is 46.3 Å². The lowest BCUT2D eigenvalue weighted by molar-refractivity contribution is -0.121. The monoisotopic (exact) mass is 284 g/mol. The first-order valence-electron chi connectivity index (χ1n) is 5.33. The number of carbonyl (C=O) groups is 1. The van der Waals surface area contributed by atoms with E-state index in [-0.39, 0.29) is 11.8 Å². The van der Waals surface area contributed by atoms with E-state index in [4.69, 9.17) is 5.73 Å². The van der Waals surface area contributed by atoms with Gasteiger partial charge in [0, 0.05) is 23.8 Å². The van der Waals surface area contributed by atoms with Crippen LogP contribution in [0.3, 0.4) is 0 Å². The fourth-order valence-corrected chi connectivity index (χ4v) is 1.77. The van der Waals surface area contributed by atoms with Crippen LogP contribution in [0.5, 0.6) is 0 Å². The van der Waals surface area contributed by atoms with Crippen LogP contribution in [-0.2, 0) is 4.79 Å². The van der Waals surface area contributed by atoms with Crippen LogP contribution in [0.25, 0.3) is 0 Å². The molecular weight excluding hydrogens is 268 g/mol. The molecule has 3 nitrogen and oxygen atoms in total. The first-order valence-corrected chi connectivity index (χ1v) is 6.12. The van der Waals surface area contributed by atoms with Gasteiger partial charge in [-0.3, -0.25) is 4.79 Å². The SMILES string of the molecule is CCC(CN)C(=O)N(C)c1ccc(Br)cc1. The van der Waals surface area contributed by atoms with Crippen LogP contribution in [-0.4, -0.2) is 19.5 Å². The quantitative estimate of drug-likeness (QED) is 0.923. The van der Waals surface area contributed by atoms with Crippen molar-refractivity contribution in [1.82, 2.24) is 0 Å². The van der Waals surface area contributed by atoms with Gasteiger partial charge in [-0.1, -0.05) is 22.9 Å². The van der Waals surface area contributed by atoms with Crippen molar-refractivity contribution < 1.29 is 4.79 Å². The standard InChI is InChI=1S/C12H17BrN2O/c1-3-9(8-14)12(16)15(2)11-6-4-10(13)5-7-11/h4-7,9H,3,8,14H2,1-2H3. The summed E-state index contributed by atoms with van der Waals surface area (Å²) < 4.78 is 1.00. The average molecular weight is 285 g/mol. The second kappa shape index (κ2) is 6.01. The molecule has 0 fully saturated rings. The number of hydrogen-bond donors (Lipinski definition) is 1. The Labute approximate surface area is 105 Å². The van der Waals surface area contributed by atoms with E-state index in [9.17, 15) is 4.79 Å². The van der Waals surface area contributed by atoms with Crippen molar-refractivity contribution >= 4 is 27.5 Å². The largest absolute Gasteiger partial charge is 0.330 e. The molecule has 0 radical (unpaired) electrons. The van der Waals surface area contributed by atoms with Gasteiger partial charge in [0.2, 0.25) is 5.91 Å². The highest BCUT2D eigenvalue weighted by Crippen LogP contribution is 2.19. The van der Waals surface area contributed by atoms with E-state index in [0.29, 0.717) is 6.54 Å². The predicted octanol–water partition coefficient (Wildman–Crippen LogP) is 2.40. The lowest BCUT2D eigenvalue weighted by Gasteiger charge is -2.22. The summed E-state index contributed by atoms with van der Waals surface area (Å²) in [5.41, 5.74) is 6.46. The first kappa shape index (κ1) is 13.2. The van der Waals surface area contributed by atoms with Gasteiger partial charge in [-0.15, -0.1) is 0 Å². The van der Waals surface area contributed by atoms with Crippen molar-refractivity contribution in [3.8, 4) is 0 Å². The maximum Gasteiger partial charge on any atom is 0.231 e. The van der Waals surface area contributed by atoms with Gasteiger partial charge in [0.25, 0.3) is 0 Å². The van der Waals surface area contributed by atoms with Crippen LogP contribution < -0.4 is 10.6 Å². The van der Waals surface area contributed by atoms with Crippen LogP contribution in [0.2, 0.25) is 0 Å². The molecule has 0 aliphatic rings. The molecule has 0 saturated heterocycles. The van der Waals surface area contributed by atoms with Crippen molar-refractivity contribution in [3.63, 3.8) is 0 Å². The molecule has 4 heteroatoms. The second-order valence-corrected chi connectivity index (χ2v) is 4.63. The molecule has 1 unspecified atom stereocenters.